The van der Waals surface area contributed by atoms with Crippen LogP contribution in [-0.2, 0) is 13.1 Å². The maximum Gasteiger partial charge on any atom is 0.276 e. The SMILES string of the molecule is CC(C)N1CC[C@@H](C)N2C(=O)c3c(O)c(=O)c(C(=O)NCc4ccc(F)cc4)cn3C[C@H]12. The first-order valence-electron chi connectivity index (χ1n) is 10.8. The Morgan fingerprint density at radius 2 is 1.94 bits per heavy atom. The molecule has 2 aliphatic heterocycles. The van der Waals surface area contributed by atoms with Crippen LogP contribution >= 0.6 is 0 Å². The number of nitrogens with zero attached hydrogens (tertiary/aromatic N) is 3. The molecule has 0 aliphatic carbocycles. The summed E-state index contributed by atoms with van der Waals surface area (Å²) in [7, 11) is 0. The third-order valence-electron chi connectivity index (χ3n) is 6.31. The fourth-order valence-electron chi connectivity index (χ4n) is 4.57. The molecule has 2 atom stereocenters. The zero-order chi connectivity index (χ0) is 23.2. The minimum Gasteiger partial charge on any atom is -0.503 e. The van der Waals surface area contributed by atoms with Gasteiger partial charge in [-0.2, -0.15) is 0 Å². The van der Waals surface area contributed by atoms with Crippen LogP contribution in [0.2, 0.25) is 0 Å². The summed E-state index contributed by atoms with van der Waals surface area (Å²) in [5.74, 6) is -2.18. The smallest absolute Gasteiger partial charge is 0.276 e. The van der Waals surface area contributed by atoms with Gasteiger partial charge in [-0.05, 0) is 44.9 Å². The molecule has 9 heteroatoms. The minimum absolute atomic E-state index is 0.0237. The van der Waals surface area contributed by atoms with E-state index in [0.29, 0.717) is 12.1 Å². The molecule has 8 nitrogen and oxygen atoms in total. The van der Waals surface area contributed by atoms with Crippen LogP contribution in [0.3, 0.4) is 0 Å². The number of aromatic hydroxyl groups is 1. The van der Waals surface area contributed by atoms with Gasteiger partial charge in [0.1, 0.15) is 17.5 Å². The van der Waals surface area contributed by atoms with Crippen LogP contribution < -0.4 is 10.7 Å². The summed E-state index contributed by atoms with van der Waals surface area (Å²) >= 11 is 0. The molecule has 3 heterocycles. The van der Waals surface area contributed by atoms with E-state index < -0.39 is 23.0 Å². The van der Waals surface area contributed by atoms with Crippen LogP contribution in [0.1, 0.15) is 53.6 Å². The van der Waals surface area contributed by atoms with Crippen molar-refractivity contribution in [3.63, 3.8) is 0 Å². The second-order valence-corrected chi connectivity index (χ2v) is 8.69. The third-order valence-corrected chi connectivity index (χ3v) is 6.31. The number of aromatic nitrogens is 1. The second kappa shape index (κ2) is 8.38. The largest absolute Gasteiger partial charge is 0.503 e. The van der Waals surface area contributed by atoms with Gasteiger partial charge < -0.3 is 19.9 Å². The lowest BCUT2D eigenvalue weighted by molar-refractivity contribution is -0.0454. The number of hydrogen-bond acceptors (Lipinski definition) is 5. The van der Waals surface area contributed by atoms with Crippen LogP contribution in [0.4, 0.5) is 4.39 Å². The first-order chi connectivity index (χ1) is 15.2. The number of carbonyl (C=O) groups is 2. The van der Waals surface area contributed by atoms with Crippen LogP contribution in [-0.4, -0.2) is 56.1 Å². The van der Waals surface area contributed by atoms with Gasteiger partial charge in [-0.3, -0.25) is 19.3 Å². The number of fused-ring (bicyclic) bond motifs is 2. The molecule has 1 aromatic carbocycles. The first kappa shape index (κ1) is 22.0. The zero-order valence-corrected chi connectivity index (χ0v) is 18.3. The van der Waals surface area contributed by atoms with E-state index in [0.717, 1.165) is 13.0 Å². The average Bonchev–Trinajstić information content (AvgIpc) is 2.75. The number of hydrogen-bond donors (Lipinski definition) is 2. The van der Waals surface area contributed by atoms with Crippen molar-refractivity contribution >= 4 is 11.8 Å². The predicted octanol–water partition coefficient (Wildman–Crippen LogP) is 1.91. The van der Waals surface area contributed by atoms with E-state index in [2.05, 4.69) is 24.1 Å². The maximum absolute atomic E-state index is 13.3. The molecule has 4 rings (SSSR count). The number of rotatable bonds is 4. The molecule has 1 saturated heterocycles. The second-order valence-electron chi connectivity index (χ2n) is 8.69. The Labute approximate surface area is 185 Å². The molecule has 2 amide bonds. The van der Waals surface area contributed by atoms with E-state index in [1.807, 2.05) is 6.92 Å². The Balaban J connectivity index is 1.66. The van der Waals surface area contributed by atoms with Crippen LogP contribution in [0.25, 0.3) is 0 Å². The number of carbonyl (C=O) groups excluding carboxylic acids is 2. The Hall–Kier alpha value is -3.20. The van der Waals surface area contributed by atoms with Gasteiger partial charge >= 0.3 is 0 Å². The lowest BCUT2D eigenvalue weighted by Crippen LogP contribution is -2.65. The van der Waals surface area contributed by atoms with Crippen LogP contribution in [0.5, 0.6) is 5.75 Å². The summed E-state index contributed by atoms with van der Waals surface area (Å²) in [6, 6.07) is 5.81. The molecule has 170 valence electrons. The van der Waals surface area contributed by atoms with E-state index in [4.69, 9.17) is 0 Å². The average molecular weight is 442 g/mol. The molecule has 1 fully saturated rings. The summed E-state index contributed by atoms with van der Waals surface area (Å²) in [6.45, 7) is 7.35. The van der Waals surface area contributed by atoms with Gasteiger partial charge in [0.15, 0.2) is 11.4 Å². The lowest BCUT2D eigenvalue weighted by Gasteiger charge is -2.51. The topological polar surface area (TPSA) is 94.9 Å². The molecular formula is C23H27FN4O4. The van der Waals surface area contributed by atoms with Gasteiger partial charge in [0, 0.05) is 31.4 Å². The highest BCUT2D eigenvalue weighted by Gasteiger charge is 2.44. The summed E-state index contributed by atoms with van der Waals surface area (Å²) in [5, 5.41) is 13.2. The summed E-state index contributed by atoms with van der Waals surface area (Å²) in [5.41, 5.74) is -0.546. The van der Waals surface area contributed by atoms with Gasteiger partial charge in [0.2, 0.25) is 5.43 Å². The minimum atomic E-state index is -0.884. The van der Waals surface area contributed by atoms with Crippen molar-refractivity contribution in [2.75, 3.05) is 6.54 Å². The van der Waals surface area contributed by atoms with Crippen LogP contribution in [0.15, 0.2) is 35.3 Å². The fourth-order valence-corrected chi connectivity index (χ4v) is 4.57. The van der Waals surface area contributed by atoms with Crippen molar-refractivity contribution in [1.29, 1.82) is 0 Å². The van der Waals surface area contributed by atoms with Gasteiger partial charge in [0.05, 0.1) is 6.54 Å². The maximum atomic E-state index is 13.3. The van der Waals surface area contributed by atoms with Crippen molar-refractivity contribution in [3.8, 4) is 5.75 Å². The zero-order valence-electron chi connectivity index (χ0n) is 18.3. The molecule has 2 aromatic rings. The van der Waals surface area contributed by atoms with E-state index in [1.54, 1.807) is 4.90 Å². The normalized spacial score (nSPS) is 20.8. The number of nitrogens with one attached hydrogen (secondary N) is 1. The van der Waals surface area contributed by atoms with Crippen molar-refractivity contribution in [1.82, 2.24) is 19.7 Å². The molecule has 0 saturated carbocycles. The van der Waals surface area contributed by atoms with Gasteiger partial charge in [-0.1, -0.05) is 12.1 Å². The van der Waals surface area contributed by atoms with E-state index >= 15 is 0 Å². The fraction of sp³-hybridized carbons (Fsp3) is 0.435. The van der Waals surface area contributed by atoms with Gasteiger partial charge in [0.25, 0.3) is 11.8 Å². The van der Waals surface area contributed by atoms with Crippen molar-refractivity contribution in [3.05, 3.63) is 63.3 Å². The first-order valence-corrected chi connectivity index (χ1v) is 10.8. The summed E-state index contributed by atoms with van der Waals surface area (Å²) < 4.78 is 14.6. The Morgan fingerprint density at radius 1 is 1.25 bits per heavy atom. The number of halogens is 1. The van der Waals surface area contributed by atoms with Crippen molar-refractivity contribution < 1.29 is 19.1 Å². The lowest BCUT2D eigenvalue weighted by atomic mass is 10.0. The third kappa shape index (κ3) is 3.77. The van der Waals surface area contributed by atoms with E-state index in [1.165, 1.54) is 35.0 Å². The van der Waals surface area contributed by atoms with Crippen molar-refractivity contribution in [2.45, 2.75) is 58.5 Å². The highest BCUT2D eigenvalue weighted by Crippen LogP contribution is 2.31. The molecule has 2 aliphatic rings. The molecule has 1 aromatic heterocycles. The molecule has 0 unspecified atom stereocenters. The molecular weight excluding hydrogens is 415 g/mol. The summed E-state index contributed by atoms with van der Waals surface area (Å²) in [6.07, 6.45) is 1.93. The summed E-state index contributed by atoms with van der Waals surface area (Å²) in [4.78, 5) is 42.7. The Morgan fingerprint density at radius 3 is 2.59 bits per heavy atom. The standard InChI is InChI=1S/C23H27FN4O4/c1-13(2)27-9-8-14(3)28-18(27)12-26-11-17(20(29)21(30)19(26)23(28)32)22(31)25-10-15-4-6-16(24)7-5-15/h4-7,11,13-14,18,30H,8-10,12H2,1-3H3,(H,25,31)/t14-,18-/m1/s1. The molecule has 0 spiro atoms. The quantitative estimate of drug-likeness (QED) is 0.754. The highest BCUT2D eigenvalue weighted by atomic mass is 19.1. The number of pyridine rings is 1. The number of benzene rings is 1. The number of amides is 2. The van der Waals surface area contributed by atoms with Gasteiger partial charge in [-0.25, -0.2) is 4.39 Å². The molecule has 0 bridgehead atoms. The van der Waals surface area contributed by atoms with E-state index in [-0.39, 0.29) is 41.9 Å². The van der Waals surface area contributed by atoms with Crippen LogP contribution in [0, 0.1) is 5.82 Å². The van der Waals surface area contributed by atoms with Gasteiger partial charge in [-0.15, -0.1) is 0 Å². The van der Waals surface area contributed by atoms with E-state index in [9.17, 15) is 23.9 Å². The Bertz CT molecular complexity index is 1110. The molecule has 2 N–H and O–H groups in total. The molecule has 0 radical (unpaired) electrons. The Kier molecular flexibility index (Phi) is 5.77. The van der Waals surface area contributed by atoms with Crippen molar-refractivity contribution in [2.24, 2.45) is 0 Å². The predicted molar refractivity (Wildman–Crippen MR) is 116 cm³/mol. The monoisotopic (exact) mass is 442 g/mol. The molecule has 32 heavy (non-hydrogen) atoms. The highest BCUT2D eigenvalue weighted by molar-refractivity contribution is 5.99.